The minimum atomic E-state index is 0.00763. The Morgan fingerprint density at radius 1 is 1.53 bits per heavy atom. The van der Waals surface area contributed by atoms with Gasteiger partial charge in [0, 0.05) is 25.9 Å². The summed E-state index contributed by atoms with van der Waals surface area (Å²) >= 11 is 0. The van der Waals surface area contributed by atoms with E-state index in [-0.39, 0.29) is 12.5 Å². The van der Waals surface area contributed by atoms with Gasteiger partial charge in [0.05, 0.1) is 0 Å². The van der Waals surface area contributed by atoms with Crippen molar-refractivity contribution in [1.82, 2.24) is 9.88 Å². The number of aromatic nitrogens is 1. The predicted molar refractivity (Wildman–Crippen MR) is 64.6 cm³/mol. The number of pyridine rings is 1. The Bertz CT molecular complexity index is 365. The first-order chi connectivity index (χ1) is 8.31. The van der Waals surface area contributed by atoms with Crippen LogP contribution in [0.2, 0.25) is 0 Å². The Morgan fingerprint density at radius 3 is 3.12 bits per heavy atom. The Labute approximate surface area is 101 Å². The van der Waals surface area contributed by atoms with Crippen LogP contribution >= 0.6 is 0 Å². The molecule has 1 aliphatic heterocycles. The summed E-state index contributed by atoms with van der Waals surface area (Å²) in [7, 11) is 0. The summed E-state index contributed by atoms with van der Waals surface area (Å²) in [5, 5.41) is 8.94. The number of amides is 1. The molecule has 4 heteroatoms. The molecule has 17 heavy (non-hydrogen) atoms. The van der Waals surface area contributed by atoms with Crippen molar-refractivity contribution in [3.8, 4) is 0 Å². The van der Waals surface area contributed by atoms with Gasteiger partial charge in [-0.25, -0.2) is 0 Å². The lowest BCUT2D eigenvalue weighted by Gasteiger charge is -2.32. The molecule has 0 saturated carbocycles. The monoisotopic (exact) mass is 234 g/mol. The highest BCUT2D eigenvalue weighted by Crippen LogP contribution is 2.20. The van der Waals surface area contributed by atoms with Gasteiger partial charge < -0.3 is 10.0 Å². The minimum Gasteiger partial charge on any atom is -0.396 e. The second kappa shape index (κ2) is 5.77. The van der Waals surface area contributed by atoms with Crippen LogP contribution in [0.1, 0.15) is 29.8 Å². The lowest BCUT2D eigenvalue weighted by Crippen LogP contribution is -2.40. The van der Waals surface area contributed by atoms with Gasteiger partial charge in [-0.05, 0) is 37.3 Å². The molecular formula is C13H18N2O2. The summed E-state index contributed by atoms with van der Waals surface area (Å²) in [4.78, 5) is 18.1. The Kier molecular flexibility index (Phi) is 4.09. The summed E-state index contributed by atoms with van der Waals surface area (Å²) < 4.78 is 0. The van der Waals surface area contributed by atoms with Crippen molar-refractivity contribution in [3.05, 3.63) is 30.1 Å². The highest BCUT2D eigenvalue weighted by molar-refractivity contribution is 5.92. The maximum absolute atomic E-state index is 12.2. The zero-order valence-electron chi connectivity index (χ0n) is 9.88. The molecule has 0 bridgehead atoms. The smallest absolute Gasteiger partial charge is 0.272 e. The molecule has 0 aromatic carbocycles. The van der Waals surface area contributed by atoms with Crippen molar-refractivity contribution in [2.75, 3.05) is 19.7 Å². The summed E-state index contributed by atoms with van der Waals surface area (Å²) in [5.74, 6) is 0.439. The van der Waals surface area contributed by atoms with Crippen molar-refractivity contribution in [3.63, 3.8) is 0 Å². The predicted octanol–water partition coefficient (Wildman–Crippen LogP) is 1.32. The molecule has 0 spiro atoms. The first-order valence-corrected chi connectivity index (χ1v) is 6.12. The maximum atomic E-state index is 12.2. The average molecular weight is 234 g/mol. The number of rotatable bonds is 3. The van der Waals surface area contributed by atoms with E-state index >= 15 is 0 Å². The second-order valence-electron chi connectivity index (χ2n) is 4.49. The van der Waals surface area contributed by atoms with Gasteiger partial charge in [-0.3, -0.25) is 9.78 Å². The molecule has 92 valence electrons. The van der Waals surface area contributed by atoms with Gasteiger partial charge in [0.2, 0.25) is 0 Å². The first-order valence-electron chi connectivity index (χ1n) is 6.12. The average Bonchev–Trinajstić information content (AvgIpc) is 2.40. The number of hydrogen-bond acceptors (Lipinski definition) is 3. The van der Waals surface area contributed by atoms with Gasteiger partial charge in [0.25, 0.3) is 5.91 Å². The largest absolute Gasteiger partial charge is 0.396 e. The molecule has 1 atom stereocenters. The number of nitrogens with zero attached hydrogens (tertiary/aromatic N) is 2. The van der Waals surface area contributed by atoms with Crippen LogP contribution in [0.4, 0.5) is 0 Å². The highest BCUT2D eigenvalue weighted by atomic mass is 16.3. The minimum absolute atomic E-state index is 0.00763. The third-order valence-corrected chi connectivity index (χ3v) is 3.23. The Hall–Kier alpha value is -1.42. The van der Waals surface area contributed by atoms with Gasteiger partial charge in [-0.2, -0.15) is 0 Å². The maximum Gasteiger partial charge on any atom is 0.272 e. The van der Waals surface area contributed by atoms with Crippen LogP contribution < -0.4 is 0 Å². The molecule has 0 radical (unpaired) electrons. The molecule has 1 fully saturated rings. The van der Waals surface area contributed by atoms with Crippen LogP contribution in [0, 0.1) is 5.92 Å². The van der Waals surface area contributed by atoms with Crippen LogP contribution in [-0.4, -0.2) is 40.6 Å². The third kappa shape index (κ3) is 3.03. The standard InChI is InChI=1S/C13H18N2O2/c16-9-6-11-4-3-8-15(10-11)13(17)12-5-1-2-7-14-12/h1-2,5,7,11,16H,3-4,6,8-10H2. The van der Waals surface area contributed by atoms with E-state index in [1.54, 1.807) is 12.3 Å². The quantitative estimate of drug-likeness (QED) is 0.858. The lowest BCUT2D eigenvalue weighted by molar-refractivity contribution is 0.0648. The number of likely N-dealkylation sites (tertiary alicyclic amines) is 1. The van der Waals surface area contributed by atoms with Crippen LogP contribution in [0.5, 0.6) is 0 Å². The lowest BCUT2D eigenvalue weighted by atomic mass is 9.95. The number of hydrogen-bond donors (Lipinski definition) is 1. The van der Waals surface area contributed by atoms with E-state index in [1.807, 2.05) is 17.0 Å². The Morgan fingerprint density at radius 2 is 2.41 bits per heavy atom. The van der Waals surface area contributed by atoms with Crippen molar-refractivity contribution < 1.29 is 9.90 Å². The van der Waals surface area contributed by atoms with Crippen LogP contribution in [0.3, 0.4) is 0 Å². The van der Waals surface area contributed by atoms with Gasteiger partial charge in [0.1, 0.15) is 5.69 Å². The Balaban J connectivity index is 2.00. The fourth-order valence-electron chi connectivity index (χ4n) is 2.32. The summed E-state index contributed by atoms with van der Waals surface area (Å²) in [6.07, 6.45) is 4.55. The fourth-order valence-corrected chi connectivity index (χ4v) is 2.32. The number of carbonyl (C=O) groups is 1. The molecule has 1 saturated heterocycles. The van der Waals surface area contributed by atoms with Crippen molar-refractivity contribution in [2.24, 2.45) is 5.92 Å². The molecular weight excluding hydrogens is 216 g/mol. The number of aliphatic hydroxyl groups is 1. The molecule has 2 heterocycles. The normalized spacial score (nSPS) is 20.3. The van der Waals surface area contributed by atoms with E-state index < -0.39 is 0 Å². The summed E-state index contributed by atoms with van der Waals surface area (Å²) in [6.45, 7) is 1.75. The van der Waals surface area contributed by atoms with Crippen LogP contribution in [0.15, 0.2) is 24.4 Å². The van der Waals surface area contributed by atoms with Crippen molar-refractivity contribution in [2.45, 2.75) is 19.3 Å². The second-order valence-corrected chi connectivity index (χ2v) is 4.49. The van der Waals surface area contributed by atoms with Gasteiger partial charge in [0.15, 0.2) is 0 Å². The molecule has 2 rings (SSSR count). The van der Waals surface area contributed by atoms with E-state index in [2.05, 4.69) is 4.98 Å². The van der Waals surface area contributed by atoms with E-state index in [0.717, 1.165) is 32.4 Å². The molecule has 1 N–H and O–H groups in total. The zero-order valence-corrected chi connectivity index (χ0v) is 9.88. The summed E-state index contributed by atoms with van der Waals surface area (Å²) in [5.41, 5.74) is 0.511. The first kappa shape index (κ1) is 12.0. The topological polar surface area (TPSA) is 53.4 Å². The van der Waals surface area contributed by atoms with Gasteiger partial charge >= 0.3 is 0 Å². The zero-order chi connectivity index (χ0) is 12.1. The van der Waals surface area contributed by atoms with E-state index in [1.165, 1.54) is 0 Å². The number of piperidine rings is 1. The molecule has 1 unspecified atom stereocenters. The highest BCUT2D eigenvalue weighted by Gasteiger charge is 2.24. The molecule has 1 amide bonds. The molecule has 1 aliphatic rings. The molecule has 4 nitrogen and oxygen atoms in total. The van der Waals surface area contributed by atoms with E-state index in [9.17, 15) is 4.79 Å². The van der Waals surface area contributed by atoms with Crippen LogP contribution in [-0.2, 0) is 0 Å². The van der Waals surface area contributed by atoms with Gasteiger partial charge in [-0.1, -0.05) is 6.07 Å². The van der Waals surface area contributed by atoms with Crippen molar-refractivity contribution >= 4 is 5.91 Å². The molecule has 0 aliphatic carbocycles. The summed E-state index contributed by atoms with van der Waals surface area (Å²) in [6, 6.07) is 5.38. The molecule has 1 aromatic heterocycles. The van der Waals surface area contributed by atoms with E-state index in [4.69, 9.17) is 5.11 Å². The van der Waals surface area contributed by atoms with Gasteiger partial charge in [-0.15, -0.1) is 0 Å². The van der Waals surface area contributed by atoms with E-state index in [0.29, 0.717) is 11.6 Å². The SMILES string of the molecule is O=C(c1ccccn1)N1CCCC(CCO)C1. The number of aliphatic hydroxyl groups excluding tert-OH is 1. The molecule has 1 aromatic rings. The van der Waals surface area contributed by atoms with Crippen LogP contribution in [0.25, 0.3) is 0 Å². The third-order valence-electron chi connectivity index (χ3n) is 3.23. The number of carbonyl (C=O) groups excluding carboxylic acids is 1. The fraction of sp³-hybridized carbons (Fsp3) is 0.538. The van der Waals surface area contributed by atoms with Crippen molar-refractivity contribution in [1.29, 1.82) is 0 Å².